The van der Waals surface area contributed by atoms with Gasteiger partial charge in [-0.25, -0.2) is 4.39 Å². The van der Waals surface area contributed by atoms with Gasteiger partial charge in [0.15, 0.2) is 3.77 Å². The third kappa shape index (κ3) is 3.12. The van der Waals surface area contributed by atoms with E-state index in [-0.39, 0.29) is 5.82 Å². The first kappa shape index (κ1) is 11.7. The van der Waals surface area contributed by atoms with Crippen molar-refractivity contribution in [2.24, 2.45) is 0 Å². The molecule has 0 aliphatic rings. The fourth-order valence-corrected chi connectivity index (χ4v) is 1.98. The van der Waals surface area contributed by atoms with E-state index >= 15 is 0 Å². The number of rotatable bonds is 3. The molecule has 0 atom stereocenters. The highest BCUT2D eigenvalue weighted by molar-refractivity contribution is 14.1. The molecule has 0 spiro atoms. The molecule has 0 fully saturated rings. The zero-order chi connectivity index (χ0) is 11.5. The lowest BCUT2D eigenvalue weighted by molar-refractivity contribution is 0.493. The first-order chi connectivity index (χ1) is 7.63. The summed E-state index contributed by atoms with van der Waals surface area (Å²) in [6, 6.07) is 8.06. The third-order valence-corrected chi connectivity index (χ3v) is 2.76. The second kappa shape index (κ2) is 5.05. The minimum atomic E-state index is -0.357. The van der Waals surface area contributed by atoms with E-state index in [1.165, 1.54) is 12.1 Å². The Morgan fingerprint density at radius 1 is 1.31 bits per heavy atom. The van der Waals surface area contributed by atoms with Crippen LogP contribution in [0, 0.1) is 9.58 Å². The maximum atomic E-state index is 13.0. The van der Waals surface area contributed by atoms with Gasteiger partial charge in [0.25, 0.3) is 0 Å². The molecule has 1 N–H and O–H groups in total. The van der Waals surface area contributed by atoms with E-state index in [4.69, 9.17) is 16.0 Å². The van der Waals surface area contributed by atoms with Crippen molar-refractivity contribution >= 4 is 39.9 Å². The van der Waals surface area contributed by atoms with Gasteiger partial charge in [0.1, 0.15) is 11.6 Å². The van der Waals surface area contributed by atoms with E-state index in [0.29, 0.717) is 17.3 Å². The van der Waals surface area contributed by atoms with Crippen LogP contribution in [0.2, 0.25) is 5.02 Å². The Morgan fingerprint density at radius 3 is 2.75 bits per heavy atom. The maximum Gasteiger partial charge on any atom is 0.164 e. The van der Waals surface area contributed by atoms with Gasteiger partial charge in [-0.1, -0.05) is 11.6 Å². The van der Waals surface area contributed by atoms with Crippen LogP contribution in [-0.2, 0) is 6.54 Å². The average molecular weight is 352 g/mol. The molecule has 0 bridgehead atoms. The molecule has 16 heavy (non-hydrogen) atoms. The van der Waals surface area contributed by atoms with Crippen LogP contribution in [0.4, 0.5) is 10.1 Å². The van der Waals surface area contributed by atoms with Crippen LogP contribution in [0.25, 0.3) is 0 Å². The van der Waals surface area contributed by atoms with E-state index in [2.05, 4.69) is 27.9 Å². The molecule has 2 nitrogen and oxygen atoms in total. The Hall–Kier alpha value is -0.750. The van der Waals surface area contributed by atoms with Gasteiger partial charge in [-0.3, -0.25) is 0 Å². The minimum Gasteiger partial charge on any atom is -0.454 e. The lowest BCUT2D eigenvalue weighted by Crippen LogP contribution is -1.98. The van der Waals surface area contributed by atoms with Crippen molar-refractivity contribution in [1.29, 1.82) is 0 Å². The van der Waals surface area contributed by atoms with Crippen LogP contribution >= 0.6 is 34.2 Å². The molecule has 5 heteroatoms. The smallest absolute Gasteiger partial charge is 0.164 e. The number of furan rings is 1. The van der Waals surface area contributed by atoms with E-state index in [0.717, 1.165) is 9.53 Å². The Bertz CT molecular complexity index is 480. The van der Waals surface area contributed by atoms with E-state index < -0.39 is 0 Å². The largest absolute Gasteiger partial charge is 0.454 e. The number of nitrogens with one attached hydrogen (secondary N) is 1. The van der Waals surface area contributed by atoms with Crippen LogP contribution in [-0.4, -0.2) is 0 Å². The zero-order valence-electron chi connectivity index (χ0n) is 8.14. The third-order valence-electron chi connectivity index (χ3n) is 1.96. The molecule has 2 aromatic rings. The van der Waals surface area contributed by atoms with Gasteiger partial charge in [-0.15, -0.1) is 0 Å². The van der Waals surface area contributed by atoms with Crippen LogP contribution < -0.4 is 5.32 Å². The maximum absolute atomic E-state index is 13.0. The molecule has 0 aliphatic carbocycles. The van der Waals surface area contributed by atoms with Gasteiger partial charge in [-0.05, 0) is 52.9 Å². The summed E-state index contributed by atoms with van der Waals surface area (Å²) in [5.74, 6) is 0.439. The van der Waals surface area contributed by atoms with Crippen molar-refractivity contribution in [1.82, 2.24) is 0 Å². The average Bonchev–Trinajstić information content (AvgIpc) is 2.60. The predicted molar refractivity (Wildman–Crippen MR) is 70.2 cm³/mol. The second-order valence-corrected chi connectivity index (χ2v) is 4.72. The summed E-state index contributed by atoms with van der Waals surface area (Å²) in [5.41, 5.74) is 0.636. The highest BCUT2D eigenvalue weighted by atomic mass is 127. The number of benzene rings is 1. The van der Waals surface area contributed by atoms with Gasteiger partial charge < -0.3 is 9.73 Å². The number of anilines is 1. The molecule has 2 rings (SSSR count). The molecule has 1 aromatic heterocycles. The zero-order valence-corrected chi connectivity index (χ0v) is 11.0. The molecule has 0 aliphatic heterocycles. The number of halogens is 3. The fraction of sp³-hybridized carbons (Fsp3) is 0.0909. The molecule has 1 heterocycles. The van der Waals surface area contributed by atoms with Gasteiger partial charge in [0.05, 0.1) is 6.54 Å². The van der Waals surface area contributed by atoms with E-state index in [1.807, 2.05) is 12.1 Å². The molecule has 0 amide bonds. The SMILES string of the molecule is Fc1cc(Cl)cc(NCc2ccc(I)o2)c1. The van der Waals surface area contributed by atoms with Gasteiger partial charge >= 0.3 is 0 Å². The fourth-order valence-electron chi connectivity index (χ4n) is 1.29. The summed E-state index contributed by atoms with van der Waals surface area (Å²) in [7, 11) is 0. The normalized spacial score (nSPS) is 10.4. The standard InChI is InChI=1S/C11H8ClFINO/c12-7-3-8(13)5-9(4-7)15-6-10-1-2-11(14)16-10/h1-5,15H,6H2. The summed E-state index contributed by atoms with van der Waals surface area (Å²) >= 11 is 7.82. The van der Waals surface area contributed by atoms with Crippen LogP contribution in [0.1, 0.15) is 5.76 Å². The van der Waals surface area contributed by atoms with Crippen LogP contribution in [0.5, 0.6) is 0 Å². The van der Waals surface area contributed by atoms with Crippen molar-refractivity contribution in [2.75, 3.05) is 5.32 Å². The Balaban J connectivity index is 2.04. The number of hydrogen-bond donors (Lipinski definition) is 1. The molecule has 0 unspecified atom stereocenters. The minimum absolute atomic E-state index is 0.357. The van der Waals surface area contributed by atoms with Crippen LogP contribution in [0.15, 0.2) is 34.7 Å². The highest BCUT2D eigenvalue weighted by Crippen LogP contribution is 2.19. The molecular weight excluding hydrogens is 343 g/mol. The lowest BCUT2D eigenvalue weighted by atomic mass is 10.3. The quantitative estimate of drug-likeness (QED) is 0.835. The molecule has 0 saturated heterocycles. The summed E-state index contributed by atoms with van der Waals surface area (Å²) in [6.07, 6.45) is 0. The van der Waals surface area contributed by atoms with Gasteiger partial charge in [-0.2, -0.15) is 0 Å². The summed E-state index contributed by atoms with van der Waals surface area (Å²) in [5, 5.41) is 3.41. The van der Waals surface area contributed by atoms with Crippen LogP contribution in [0.3, 0.4) is 0 Å². The molecule has 1 aromatic carbocycles. The van der Waals surface area contributed by atoms with Gasteiger partial charge in [0, 0.05) is 10.7 Å². The second-order valence-electron chi connectivity index (χ2n) is 3.22. The Kier molecular flexibility index (Phi) is 3.70. The first-order valence-corrected chi connectivity index (χ1v) is 6.03. The Morgan fingerprint density at radius 2 is 2.12 bits per heavy atom. The molecule has 84 valence electrons. The van der Waals surface area contributed by atoms with Gasteiger partial charge in [0.2, 0.25) is 0 Å². The Labute approximate surface area is 111 Å². The molecular formula is C11H8ClFINO. The van der Waals surface area contributed by atoms with Crippen molar-refractivity contribution in [3.05, 3.63) is 50.7 Å². The first-order valence-electron chi connectivity index (χ1n) is 4.58. The highest BCUT2D eigenvalue weighted by Gasteiger charge is 2.01. The molecule has 0 saturated carbocycles. The van der Waals surface area contributed by atoms with Crippen molar-refractivity contribution in [3.63, 3.8) is 0 Å². The lowest BCUT2D eigenvalue weighted by Gasteiger charge is -2.04. The summed E-state index contributed by atoms with van der Waals surface area (Å²) < 4.78 is 19.2. The van der Waals surface area contributed by atoms with Crippen molar-refractivity contribution in [2.45, 2.75) is 6.54 Å². The van der Waals surface area contributed by atoms with E-state index in [1.54, 1.807) is 6.07 Å². The summed E-state index contributed by atoms with van der Waals surface area (Å²) in [4.78, 5) is 0. The monoisotopic (exact) mass is 351 g/mol. The number of hydrogen-bond acceptors (Lipinski definition) is 2. The summed E-state index contributed by atoms with van der Waals surface area (Å²) in [6.45, 7) is 0.503. The molecule has 0 radical (unpaired) electrons. The topological polar surface area (TPSA) is 25.2 Å². The van der Waals surface area contributed by atoms with E-state index in [9.17, 15) is 4.39 Å². The van der Waals surface area contributed by atoms with Crippen molar-refractivity contribution in [3.8, 4) is 0 Å². The predicted octanol–water partition coefficient (Wildman–Crippen LogP) is 4.29. The van der Waals surface area contributed by atoms with Crippen molar-refractivity contribution < 1.29 is 8.81 Å².